The van der Waals surface area contributed by atoms with Crippen LogP contribution < -0.4 is 0 Å². The Bertz CT molecular complexity index is 570. The molecule has 0 amide bonds. The van der Waals surface area contributed by atoms with E-state index < -0.39 is 0 Å². The number of hydrogen-bond acceptors (Lipinski definition) is 3. The molecular weight excluding hydrogens is 287 g/mol. The smallest absolute Gasteiger partial charge is 0.133 e. The normalized spacial score (nSPS) is 10.9. The first kappa shape index (κ1) is 14.3. The molecule has 0 aliphatic heterocycles. The van der Waals surface area contributed by atoms with Crippen molar-refractivity contribution in [3.63, 3.8) is 0 Å². The predicted molar refractivity (Wildman–Crippen MR) is 74.4 cm³/mol. The number of aliphatic hydroxyl groups is 1. The van der Waals surface area contributed by atoms with Gasteiger partial charge in [-0.05, 0) is 11.6 Å². The van der Waals surface area contributed by atoms with Gasteiger partial charge in [-0.1, -0.05) is 41.4 Å². The number of methoxy groups -OCH3 is 1. The van der Waals surface area contributed by atoms with E-state index in [9.17, 15) is 5.11 Å². The van der Waals surface area contributed by atoms with E-state index in [1.807, 2.05) is 24.3 Å². The molecular formula is C13H14Cl2N2O2. The molecule has 0 radical (unpaired) electrons. The number of nitrogens with zero attached hydrogens (tertiary/aromatic N) is 2. The summed E-state index contributed by atoms with van der Waals surface area (Å²) in [7, 11) is 1.57. The third-order valence-corrected chi connectivity index (χ3v) is 3.57. The van der Waals surface area contributed by atoms with Crippen molar-refractivity contribution in [2.24, 2.45) is 0 Å². The maximum Gasteiger partial charge on any atom is 0.133 e. The summed E-state index contributed by atoms with van der Waals surface area (Å²) >= 11 is 12.3. The number of aromatic nitrogens is 2. The van der Waals surface area contributed by atoms with Crippen molar-refractivity contribution in [3.8, 4) is 0 Å². The number of benzene rings is 1. The standard InChI is InChI=1S/C13H14Cl2N2O2/c1-19-8-12-10(7-18)13(15)17(16-12)6-9-4-2-3-5-11(9)14/h2-5,18H,6-8H2,1H3. The fraction of sp³-hybridized carbons (Fsp3) is 0.308. The molecule has 2 aromatic rings. The molecule has 4 nitrogen and oxygen atoms in total. The van der Waals surface area contributed by atoms with Crippen molar-refractivity contribution in [3.05, 3.63) is 51.3 Å². The Morgan fingerprint density at radius 2 is 2.05 bits per heavy atom. The Labute approximate surface area is 121 Å². The summed E-state index contributed by atoms with van der Waals surface area (Å²) in [6, 6.07) is 7.50. The van der Waals surface area contributed by atoms with Crippen LogP contribution in [-0.4, -0.2) is 22.0 Å². The van der Waals surface area contributed by atoms with E-state index in [0.717, 1.165) is 5.56 Å². The zero-order valence-corrected chi connectivity index (χ0v) is 11.9. The van der Waals surface area contributed by atoms with Gasteiger partial charge in [0.05, 0.1) is 25.5 Å². The minimum atomic E-state index is -0.167. The monoisotopic (exact) mass is 300 g/mol. The second-order valence-electron chi connectivity index (χ2n) is 4.06. The number of aliphatic hydroxyl groups excluding tert-OH is 1. The lowest BCUT2D eigenvalue weighted by Crippen LogP contribution is -2.03. The first-order valence-corrected chi connectivity index (χ1v) is 6.50. The minimum Gasteiger partial charge on any atom is -0.391 e. The van der Waals surface area contributed by atoms with E-state index >= 15 is 0 Å². The summed E-state index contributed by atoms with van der Waals surface area (Å²) in [5.74, 6) is 0. The number of rotatable bonds is 5. The van der Waals surface area contributed by atoms with Crippen LogP contribution in [0.2, 0.25) is 10.2 Å². The fourth-order valence-electron chi connectivity index (χ4n) is 1.83. The lowest BCUT2D eigenvalue weighted by molar-refractivity contribution is 0.177. The first-order chi connectivity index (χ1) is 9.17. The molecule has 0 fully saturated rings. The van der Waals surface area contributed by atoms with E-state index in [1.165, 1.54) is 0 Å². The van der Waals surface area contributed by atoms with Crippen LogP contribution in [0.15, 0.2) is 24.3 Å². The van der Waals surface area contributed by atoms with Crippen molar-refractivity contribution >= 4 is 23.2 Å². The second kappa shape index (κ2) is 6.39. The highest BCUT2D eigenvalue weighted by Crippen LogP contribution is 2.24. The second-order valence-corrected chi connectivity index (χ2v) is 4.82. The van der Waals surface area contributed by atoms with Gasteiger partial charge in [0.2, 0.25) is 0 Å². The molecule has 1 heterocycles. The van der Waals surface area contributed by atoms with Crippen LogP contribution in [0.5, 0.6) is 0 Å². The van der Waals surface area contributed by atoms with Crippen LogP contribution in [0.3, 0.4) is 0 Å². The quantitative estimate of drug-likeness (QED) is 0.923. The highest BCUT2D eigenvalue weighted by molar-refractivity contribution is 6.31. The molecule has 1 aromatic heterocycles. The molecule has 0 saturated carbocycles. The largest absolute Gasteiger partial charge is 0.391 e. The maximum atomic E-state index is 9.34. The summed E-state index contributed by atoms with van der Waals surface area (Å²) in [6.07, 6.45) is 0. The molecule has 1 aromatic carbocycles. The lowest BCUT2D eigenvalue weighted by Gasteiger charge is -2.05. The topological polar surface area (TPSA) is 47.3 Å². The molecule has 0 aliphatic carbocycles. The molecule has 0 atom stereocenters. The van der Waals surface area contributed by atoms with Gasteiger partial charge in [-0.2, -0.15) is 5.10 Å². The van der Waals surface area contributed by atoms with Gasteiger partial charge in [-0.25, -0.2) is 4.68 Å². The Morgan fingerprint density at radius 1 is 1.32 bits per heavy atom. The number of halogens is 2. The van der Waals surface area contributed by atoms with E-state index in [2.05, 4.69) is 5.10 Å². The molecule has 102 valence electrons. The molecule has 0 spiro atoms. The van der Waals surface area contributed by atoms with Crippen LogP contribution in [-0.2, 0) is 24.5 Å². The highest BCUT2D eigenvalue weighted by atomic mass is 35.5. The van der Waals surface area contributed by atoms with Gasteiger partial charge in [0, 0.05) is 17.7 Å². The average Bonchev–Trinajstić information content (AvgIpc) is 2.69. The van der Waals surface area contributed by atoms with Gasteiger partial charge in [0.15, 0.2) is 0 Å². The molecule has 6 heteroatoms. The SMILES string of the molecule is COCc1nn(Cc2ccccc2Cl)c(Cl)c1CO. The fourth-order valence-corrected chi connectivity index (χ4v) is 2.29. The van der Waals surface area contributed by atoms with Gasteiger partial charge in [-0.3, -0.25) is 0 Å². The summed E-state index contributed by atoms with van der Waals surface area (Å²) in [5.41, 5.74) is 2.15. The van der Waals surface area contributed by atoms with Crippen molar-refractivity contribution < 1.29 is 9.84 Å². The summed E-state index contributed by atoms with van der Waals surface area (Å²) in [5, 5.41) is 14.8. The average molecular weight is 301 g/mol. The van der Waals surface area contributed by atoms with Gasteiger partial charge in [-0.15, -0.1) is 0 Å². The molecule has 0 saturated heterocycles. The Morgan fingerprint density at radius 3 is 2.68 bits per heavy atom. The molecule has 1 N–H and O–H groups in total. The van der Waals surface area contributed by atoms with Crippen molar-refractivity contribution in [2.75, 3.05) is 7.11 Å². The summed E-state index contributed by atoms with van der Waals surface area (Å²) in [6.45, 7) is 0.598. The van der Waals surface area contributed by atoms with Gasteiger partial charge >= 0.3 is 0 Å². The van der Waals surface area contributed by atoms with E-state index in [-0.39, 0.29) is 6.61 Å². The lowest BCUT2D eigenvalue weighted by atomic mass is 10.2. The molecule has 2 rings (SSSR count). The Balaban J connectivity index is 2.33. The predicted octanol–water partition coefficient (Wildman–Crippen LogP) is 2.88. The number of hydrogen-bond donors (Lipinski definition) is 1. The van der Waals surface area contributed by atoms with E-state index in [1.54, 1.807) is 11.8 Å². The summed E-state index contributed by atoms with van der Waals surface area (Å²) in [4.78, 5) is 0. The van der Waals surface area contributed by atoms with Crippen LogP contribution in [0, 0.1) is 0 Å². The highest BCUT2D eigenvalue weighted by Gasteiger charge is 2.16. The zero-order valence-electron chi connectivity index (χ0n) is 10.4. The number of ether oxygens (including phenoxy) is 1. The maximum absolute atomic E-state index is 9.34. The van der Waals surface area contributed by atoms with Crippen LogP contribution in [0.25, 0.3) is 0 Å². The molecule has 0 bridgehead atoms. The van der Waals surface area contributed by atoms with Crippen molar-refractivity contribution in [1.82, 2.24) is 9.78 Å². The zero-order chi connectivity index (χ0) is 13.8. The molecule has 0 unspecified atom stereocenters. The van der Waals surface area contributed by atoms with Crippen molar-refractivity contribution in [2.45, 2.75) is 19.8 Å². The molecule has 0 aliphatic rings. The Hall–Kier alpha value is -1.07. The Kier molecular flexibility index (Phi) is 4.82. The van der Waals surface area contributed by atoms with Crippen LogP contribution in [0.4, 0.5) is 0 Å². The van der Waals surface area contributed by atoms with E-state index in [0.29, 0.717) is 34.6 Å². The van der Waals surface area contributed by atoms with Gasteiger partial charge < -0.3 is 9.84 Å². The van der Waals surface area contributed by atoms with Crippen molar-refractivity contribution in [1.29, 1.82) is 0 Å². The summed E-state index contributed by atoms with van der Waals surface area (Å²) < 4.78 is 6.65. The van der Waals surface area contributed by atoms with Crippen LogP contribution >= 0.6 is 23.2 Å². The molecule has 19 heavy (non-hydrogen) atoms. The third kappa shape index (κ3) is 3.09. The van der Waals surface area contributed by atoms with Crippen LogP contribution in [0.1, 0.15) is 16.8 Å². The van der Waals surface area contributed by atoms with Gasteiger partial charge in [0.25, 0.3) is 0 Å². The minimum absolute atomic E-state index is 0.167. The van der Waals surface area contributed by atoms with Gasteiger partial charge in [0.1, 0.15) is 5.15 Å². The third-order valence-electron chi connectivity index (χ3n) is 2.78. The first-order valence-electron chi connectivity index (χ1n) is 5.74. The van der Waals surface area contributed by atoms with E-state index in [4.69, 9.17) is 27.9 Å².